The molecule has 1 heterocycles. The Kier molecular flexibility index (Phi) is 6.69. The van der Waals surface area contributed by atoms with Crippen LogP contribution in [-0.4, -0.2) is 48.1 Å². The molecule has 3 N–H and O–H groups in total. The van der Waals surface area contributed by atoms with Gasteiger partial charge in [0.1, 0.15) is 17.2 Å². The fraction of sp³-hybridized carbons (Fsp3) is 0.158. The van der Waals surface area contributed by atoms with Crippen molar-refractivity contribution < 1.29 is 22.5 Å². The number of nitrogens with one attached hydrogen (secondary N) is 3. The molecule has 168 valence electrons. The lowest BCUT2D eigenvalue weighted by Gasteiger charge is -2.11. The summed E-state index contributed by atoms with van der Waals surface area (Å²) in [5.74, 6) is -0.892. The lowest BCUT2D eigenvalue weighted by Crippen LogP contribution is -2.30. The van der Waals surface area contributed by atoms with E-state index in [-0.39, 0.29) is 34.1 Å². The summed E-state index contributed by atoms with van der Waals surface area (Å²) in [6.07, 6.45) is 2.38. The maximum atomic E-state index is 13.2. The monoisotopic (exact) mass is 479 g/mol. The number of aromatic amines is 1. The Bertz CT molecular complexity index is 1330. The molecule has 3 aromatic rings. The number of aromatic nitrogens is 2. The number of amides is 1. The Morgan fingerprint density at radius 3 is 2.53 bits per heavy atom. The number of rotatable bonds is 8. The minimum Gasteiger partial charge on any atom is -0.378 e. The van der Waals surface area contributed by atoms with Crippen LogP contribution in [0.15, 0.2) is 53.6 Å². The number of H-pyrrole nitrogens is 1. The number of hydrogen-bond donors (Lipinski definition) is 3. The number of carbonyl (C=O) groups excluding carboxylic acids is 1. The van der Waals surface area contributed by atoms with Crippen molar-refractivity contribution >= 4 is 39.3 Å². The van der Waals surface area contributed by atoms with Gasteiger partial charge in [0, 0.05) is 37.3 Å². The molecule has 0 aliphatic rings. The molecule has 0 saturated carbocycles. The van der Waals surface area contributed by atoms with Gasteiger partial charge in [-0.05, 0) is 48.6 Å². The van der Waals surface area contributed by atoms with E-state index in [1.165, 1.54) is 47.2 Å². The van der Waals surface area contributed by atoms with Gasteiger partial charge in [0.05, 0.1) is 9.82 Å². The highest BCUT2D eigenvalue weighted by atomic mass is 32.2. The molecule has 0 atom stereocenters. The van der Waals surface area contributed by atoms with Crippen molar-refractivity contribution in [1.82, 2.24) is 14.9 Å². The van der Waals surface area contributed by atoms with Gasteiger partial charge in [0.2, 0.25) is 0 Å². The number of hydrogen-bond acceptors (Lipinski definition) is 7. The van der Waals surface area contributed by atoms with Crippen LogP contribution in [0.1, 0.15) is 10.5 Å². The summed E-state index contributed by atoms with van der Waals surface area (Å²) in [7, 11) is -3.59. The van der Waals surface area contributed by atoms with E-state index in [0.717, 1.165) is 12.3 Å². The van der Waals surface area contributed by atoms with Crippen LogP contribution in [0.4, 0.5) is 15.8 Å². The smallest absolute Gasteiger partial charge is 0.293 e. The summed E-state index contributed by atoms with van der Waals surface area (Å²) in [6.45, 7) is 0.234. The van der Waals surface area contributed by atoms with Crippen LogP contribution in [0.5, 0.6) is 0 Å². The molecule has 0 aliphatic heterocycles. The number of halogens is 1. The molecule has 13 heteroatoms. The average Bonchev–Trinajstić information content (AvgIpc) is 3.12. The Labute approximate surface area is 187 Å². The topological polar surface area (TPSA) is 139 Å². The largest absolute Gasteiger partial charge is 0.378 e. The van der Waals surface area contributed by atoms with E-state index in [1.54, 1.807) is 0 Å². The van der Waals surface area contributed by atoms with E-state index in [0.29, 0.717) is 5.69 Å². The highest BCUT2D eigenvalue weighted by molar-refractivity contribution is 7.90. The van der Waals surface area contributed by atoms with Gasteiger partial charge in [-0.2, -0.15) is 0 Å². The molecule has 0 unspecified atom stereocenters. The molecule has 0 aliphatic carbocycles. The Hall–Kier alpha value is -3.58. The first-order chi connectivity index (χ1) is 15.1. The van der Waals surface area contributed by atoms with E-state index < -0.39 is 32.2 Å². The van der Waals surface area contributed by atoms with Gasteiger partial charge < -0.3 is 15.6 Å². The van der Waals surface area contributed by atoms with Crippen molar-refractivity contribution in [3.63, 3.8) is 0 Å². The van der Waals surface area contributed by atoms with Gasteiger partial charge in [-0.3, -0.25) is 19.5 Å². The van der Waals surface area contributed by atoms with Gasteiger partial charge in [-0.15, -0.1) is 0 Å². The van der Waals surface area contributed by atoms with E-state index in [1.807, 2.05) is 0 Å². The van der Waals surface area contributed by atoms with Crippen LogP contribution < -0.4 is 10.6 Å². The molecule has 1 amide bonds. The molecule has 32 heavy (non-hydrogen) atoms. The highest BCUT2D eigenvalue weighted by Crippen LogP contribution is 2.27. The molecular weight excluding hydrogens is 461 g/mol. The molecule has 0 saturated heterocycles. The predicted octanol–water partition coefficient (Wildman–Crippen LogP) is 2.83. The van der Waals surface area contributed by atoms with Crippen molar-refractivity contribution in [3.05, 3.63) is 75.1 Å². The molecule has 0 bridgehead atoms. The van der Waals surface area contributed by atoms with Gasteiger partial charge >= 0.3 is 0 Å². The second-order valence-electron chi connectivity index (χ2n) is 6.68. The zero-order chi connectivity index (χ0) is 23.5. The summed E-state index contributed by atoms with van der Waals surface area (Å²) < 4.78 is 38.1. The Morgan fingerprint density at radius 1 is 1.22 bits per heavy atom. The maximum absolute atomic E-state index is 13.2. The first-order valence-electron chi connectivity index (χ1n) is 9.15. The predicted molar refractivity (Wildman–Crippen MR) is 118 cm³/mol. The van der Waals surface area contributed by atoms with Crippen LogP contribution >= 0.6 is 12.2 Å². The van der Waals surface area contributed by atoms with E-state index in [4.69, 9.17) is 12.2 Å². The number of sulfone groups is 1. The molecular formula is C19H18FN5O5S2. The summed E-state index contributed by atoms with van der Waals surface area (Å²) in [6, 6.07) is 9.00. The Morgan fingerprint density at radius 2 is 1.91 bits per heavy atom. The second kappa shape index (κ2) is 9.28. The minimum absolute atomic E-state index is 0.102. The third kappa shape index (κ3) is 5.18. The Balaban J connectivity index is 1.67. The summed E-state index contributed by atoms with van der Waals surface area (Å²) in [5, 5.41) is 16.8. The summed E-state index contributed by atoms with van der Waals surface area (Å²) in [4.78, 5) is 25.8. The van der Waals surface area contributed by atoms with Crippen LogP contribution in [0, 0.1) is 20.7 Å². The number of imidazole rings is 1. The van der Waals surface area contributed by atoms with Crippen molar-refractivity contribution in [1.29, 1.82) is 0 Å². The number of anilines is 1. The van der Waals surface area contributed by atoms with Crippen molar-refractivity contribution in [2.75, 3.05) is 24.7 Å². The van der Waals surface area contributed by atoms with Gasteiger partial charge in [-0.1, -0.05) is 0 Å². The number of nitro benzene ring substituents is 1. The van der Waals surface area contributed by atoms with Gasteiger partial charge in [0.25, 0.3) is 11.6 Å². The third-order valence-corrected chi connectivity index (χ3v) is 5.82. The summed E-state index contributed by atoms with van der Waals surface area (Å²) in [5.41, 5.74) is 0.426. The number of benzene rings is 2. The van der Waals surface area contributed by atoms with Gasteiger partial charge in [-0.25, -0.2) is 12.8 Å². The van der Waals surface area contributed by atoms with Crippen molar-refractivity contribution in [3.8, 4) is 5.69 Å². The van der Waals surface area contributed by atoms with Crippen LogP contribution in [0.25, 0.3) is 5.69 Å². The maximum Gasteiger partial charge on any atom is 0.293 e. The number of carbonyl (C=O) groups is 1. The van der Waals surface area contributed by atoms with E-state index in [2.05, 4.69) is 15.6 Å². The fourth-order valence-corrected chi connectivity index (χ4v) is 3.79. The van der Waals surface area contributed by atoms with Crippen LogP contribution in [-0.2, 0) is 9.84 Å². The van der Waals surface area contributed by atoms with Crippen molar-refractivity contribution in [2.24, 2.45) is 0 Å². The average molecular weight is 480 g/mol. The van der Waals surface area contributed by atoms with Crippen LogP contribution in [0.2, 0.25) is 0 Å². The number of nitrogens with zero attached hydrogens (tertiary/aromatic N) is 2. The molecule has 10 nitrogen and oxygen atoms in total. The normalized spacial score (nSPS) is 11.2. The lowest BCUT2D eigenvalue weighted by atomic mass is 10.2. The minimum atomic E-state index is -3.59. The standard InChI is InChI=1S/C19H18FN5O5S2/c1-32(29,30)14-6-7-15(16(10-14)25(27)28)21-8-9-22-18(26)17-11-23-19(31)24(17)13-4-2-12(20)3-5-13/h2-7,10-11,21H,8-9H2,1H3,(H,22,26)(H,23,31). The molecule has 0 spiro atoms. The fourth-order valence-electron chi connectivity index (χ4n) is 2.89. The summed E-state index contributed by atoms with van der Waals surface area (Å²) >= 11 is 5.20. The first kappa shape index (κ1) is 23.1. The quantitative estimate of drug-likeness (QED) is 0.195. The SMILES string of the molecule is CS(=O)(=O)c1ccc(NCCNC(=O)c2c[nH]c(=S)n2-c2ccc(F)cc2)c([N+](=O)[O-])c1. The van der Waals surface area contributed by atoms with E-state index in [9.17, 15) is 27.7 Å². The number of nitro groups is 1. The molecule has 2 aromatic carbocycles. The van der Waals surface area contributed by atoms with Crippen molar-refractivity contribution in [2.45, 2.75) is 4.90 Å². The highest BCUT2D eigenvalue weighted by Gasteiger charge is 2.19. The second-order valence-corrected chi connectivity index (χ2v) is 9.08. The first-order valence-corrected chi connectivity index (χ1v) is 11.4. The zero-order valence-corrected chi connectivity index (χ0v) is 18.3. The molecule has 1 aromatic heterocycles. The molecule has 3 rings (SSSR count). The van der Waals surface area contributed by atoms with Crippen LogP contribution in [0.3, 0.4) is 0 Å². The lowest BCUT2D eigenvalue weighted by molar-refractivity contribution is -0.384. The molecule has 0 radical (unpaired) electrons. The van der Waals surface area contributed by atoms with Gasteiger partial charge in [0.15, 0.2) is 14.6 Å². The third-order valence-electron chi connectivity index (χ3n) is 4.41. The molecule has 0 fully saturated rings. The zero-order valence-electron chi connectivity index (χ0n) is 16.7. The van der Waals surface area contributed by atoms with E-state index >= 15 is 0 Å².